The quantitative estimate of drug-likeness (QED) is 0.217. The Morgan fingerprint density at radius 2 is 1.83 bits per heavy atom. The van der Waals surface area contributed by atoms with Gasteiger partial charge in [-0.15, -0.1) is 11.3 Å². The molecule has 1 aliphatic carbocycles. The topological polar surface area (TPSA) is 134 Å². The van der Waals surface area contributed by atoms with Crippen LogP contribution in [0.25, 0.3) is 20.7 Å². The Balaban J connectivity index is 1.28. The van der Waals surface area contributed by atoms with Crippen LogP contribution in [0.2, 0.25) is 5.02 Å². The summed E-state index contributed by atoms with van der Waals surface area (Å²) in [5.41, 5.74) is 0.687. The molecule has 2 fully saturated rings. The zero-order chi connectivity index (χ0) is 34.0. The van der Waals surface area contributed by atoms with Gasteiger partial charge in [-0.1, -0.05) is 23.7 Å². The number of hydrogen-bond acceptors (Lipinski definition) is 8. The van der Waals surface area contributed by atoms with Crippen molar-refractivity contribution in [1.82, 2.24) is 23.7 Å². The predicted molar refractivity (Wildman–Crippen MR) is 181 cm³/mol. The van der Waals surface area contributed by atoms with Crippen molar-refractivity contribution in [3.63, 3.8) is 0 Å². The van der Waals surface area contributed by atoms with E-state index in [1.165, 1.54) is 28.4 Å². The number of anilines is 1. The first-order valence-corrected chi connectivity index (χ1v) is 16.6. The van der Waals surface area contributed by atoms with Gasteiger partial charge in [0.1, 0.15) is 11.5 Å². The van der Waals surface area contributed by atoms with Gasteiger partial charge in [-0.3, -0.25) is 14.3 Å². The smallest absolute Gasteiger partial charge is 0.347 e. The number of ether oxygens (including phenoxy) is 1. The van der Waals surface area contributed by atoms with Gasteiger partial charge in [-0.05, 0) is 72.7 Å². The summed E-state index contributed by atoms with van der Waals surface area (Å²) in [7, 11) is 4.57. The second kappa shape index (κ2) is 10.3. The molecule has 0 unspecified atom stereocenters. The molecule has 3 aliphatic rings. The average molecular weight is 687 g/mol. The van der Waals surface area contributed by atoms with E-state index in [9.17, 15) is 24.3 Å². The van der Waals surface area contributed by atoms with Crippen molar-refractivity contribution in [2.75, 3.05) is 12.0 Å². The third-order valence-corrected chi connectivity index (χ3v) is 12.0. The molecule has 2 aromatic carbocycles. The number of fused-ring (bicyclic) bond motifs is 5. The number of phenols is 1. The predicted octanol–water partition coefficient (Wildman–Crippen LogP) is 4.50. The number of imide groups is 1. The van der Waals surface area contributed by atoms with Crippen molar-refractivity contribution in [1.29, 1.82) is 0 Å². The van der Waals surface area contributed by atoms with Crippen molar-refractivity contribution in [2.24, 2.45) is 25.4 Å². The number of aryl methyl sites for hydroxylation is 2. The molecule has 12 nitrogen and oxygen atoms in total. The second-order valence-corrected chi connectivity index (χ2v) is 14.4. The summed E-state index contributed by atoms with van der Waals surface area (Å²) in [6.45, 7) is 3.90. The number of thiophene rings is 1. The number of benzene rings is 2. The molecule has 2 aliphatic heterocycles. The molecule has 14 heteroatoms. The molecule has 0 spiro atoms. The summed E-state index contributed by atoms with van der Waals surface area (Å²) < 4.78 is 11.7. The maximum absolute atomic E-state index is 14.9. The number of nitrogens with zero attached hydrogens (tertiary/aromatic N) is 6. The van der Waals surface area contributed by atoms with Crippen LogP contribution in [0.4, 0.5) is 5.82 Å². The van der Waals surface area contributed by atoms with Crippen LogP contribution in [0.1, 0.15) is 36.4 Å². The third kappa shape index (κ3) is 3.91. The van der Waals surface area contributed by atoms with E-state index in [1.54, 1.807) is 54.3 Å². The zero-order valence-electron chi connectivity index (χ0n) is 26.7. The number of hydrogen-bond donors (Lipinski definition) is 1. The number of phenolic OH excluding ortho intramolecular Hbond substituents is 1. The van der Waals surface area contributed by atoms with Gasteiger partial charge in [0.15, 0.2) is 11.5 Å². The zero-order valence-corrected chi connectivity index (χ0v) is 28.3. The van der Waals surface area contributed by atoms with Gasteiger partial charge in [-0.2, -0.15) is 5.10 Å². The second-order valence-electron chi connectivity index (χ2n) is 12.9. The normalized spacial score (nSPS) is 23.3. The average Bonchev–Trinajstić information content (AvgIpc) is 3.72. The number of halogens is 1. The summed E-state index contributed by atoms with van der Waals surface area (Å²) in [6, 6.07) is 11.7. The standard InChI is InChI=1S/C34H31ClN6O6S/c1-16-20-13-18(35)7-9-26(20)48-29(16)22-15-27(38(4)36-22)40-30(43)21-14-23-19(10-11-39-32(45)37(3)33(46)41(23)39)28(34(21,2)31(40)44)17-6-8-25(47-5)24(42)12-17/h6-10,12-13,15,21,23,28,42H,11,14H2,1-5H3/t21-,23+,28-,34+/m0/s1. The Labute approximate surface area is 282 Å². The number of methoxy groups -OCH3 is 1. The molecule has 1 N–H and O–H groups in total. The van der Waals surface area contributed by atoms with Crippen LogP contribution in [0, 0.1) is 18.3 Å². The van der Waals surface area contributed by atoms with E-state index in [-0.39, 0.29) is 24.5 Å². The Morgan fingerprint density at radius 3 is 2.56 bits per heavy atom. The molecule has 2 amide bonds. The summed E-state index contributed by atoms with van der Waals surface area (Å²) in [5.74, 6) is -1.92. The number of amides is 2. The van der Waals surface area contributed by atoms with Crippen LogP contribution in [-0.2, 0) is 30.2 Å². The van der Waals surface area contributed by atoms with Gasteiger partial charge in [0, 0.05) is 35.8 Å². The fraction of sp³-hybridized carbons (Fsp3) is 0.324. The fourth-order valence-corrected chi connectivity index (χ4v) is 9.40. The minimum absolute atomic E-state index is 0.118. The summed E-state index contributed by atoms with van der Waals surface area (Å²) in [5, 5.41) is 17.2. The largest absolute Gasteiger partial charge is 0.504 e. The van der Waals surface area contributed by atoms with Gasteiger partial charge in [0.05, 0.1) is 35.9 Å². The lowest BCUT2D eigenvalue weighted by molar-refractivity contribution is -0.129. The van der Waals surface area contributed by atoms with E-state index in [0.717, 1.165) is 30.7 Å². The van der Waals surface area contributed by atoms with Crippen LogP contribution in [0.5, 0.6) is 11.5 Å². The molecule has 246 valence electrons. The van der Waals surface area contributed by atoms with Crippen molar-refractivity contribution < 1.29 is 19.4 Å². The first-order chi connectivity index (χ1) is 22.9. The van der Waals surface area contributed by atoms with Gasteiger partial charge in [0.25, 0.3) is 0 Å². The molecule has 8 rings (SSSR count). The van der Waals surface area contributed by atoms with Crippen LogP contribution in [-0.4, -0.2) is 47.7 Å². The highest BCUT2D eigenvalue weighted by molar-refractivity contribution is 7.22. The van der Waals surface area contributed by atoms with Crippen molar-refractivity contribution in [3.05, 3.63) is 91.2 Å². The molecule has 1 saturated carbocycles. The molecule has 0 bridgehead atoms. The van der Waals surface area contributed by atoms with Gasteiger partial charge < -0.3 is 9.84 Å². The number of allylic oxidation sites excluding steroid dienone is 2. The summed E-state index contributed by atoms with van der Waals surface area (Å²) in [6.07, 6.45) is 2.00. The summed E-state index contributed by atoms with van der Waals surface area (Å²) >= 11 is 7.84. The Bertz CT molecular complexity index is 2400. The van der Waals surface area contributed by atoms with Crippen LogP contribution >= 0.6 is 22.9 Å². The van der Waals surface area contributed by atoms with Crippen LogP contribution < -0.4 is 21.0 Å². The molecule has 48 heavy (non-hydrogen) atoms. The van der Waals surface area contributed by atoms with E-state index in [0.29, 0.717) is 22.1 Å². The lowest BCUT2D eigenvalue weighted by atomic mass is 9.56. The van der Waals surface area contributed by atoms with E-state index >= 15 is 0 Å². The minimum atomic E-state index is -1.30. The maximum Gasteiger partial charge on any atom is 0.347 e. The van der Waals surface area contributed by atoms with Gasteiger partial charge in [0.2, 0.25) is 11.8 Å². The fourth-order valence-electron chi connectivity index (χ4n) is 8.09. The monoisotopic (exact) mass is 686 g/mol. The molecular weight excluding hydrogens is 656 g/mol. The Kier molecular flexibility index (Phi) is 6.54. The van der Waals surface area contributed by atoms with E-state index in [1.807, 2.05) is 31.2 Å². The molecule has 0 radical (unpaired) electrons. The first-order valence-electron chi connectivity index (χ1n) is 15.4. The van der Waals surface area contributed by atoms with E-state index < -0.39 is 46.5 Å². The van der Waals surface area contributed by atoms with Gasteiger partial charge in [-0.25, -0.2) is 28.4 Å². The number of carbonyl (C=O) groups is 2. The number of aromatic nitrogens is 5. The Morgan fingerprint density at radius 1 is 1.06 bits per heavy atom. The van der Waals surface area contributed by atoms with Gasteiger partial charge >= 0.3 is 11.4 Å². The number of aromatic hydroxyl groups is 1. The number of rotatable bonds is 4. The summed E-state index contributed by atoms with van der Waals surface area (Å²) in [4.78, 5) is 57.9. The molecule has 3 aromatic heterocycles. The number of carbonyl (C=O) groups excluding carboxylic acids is 2. The van der Waals surface area contributed by atoms with Crippen molar-refractivity contribution in [2.45, 2.75) is 38.8 Å². The lowest BCUT2D eigenvalue weighted by Crippen LogP contribution is -2.49. The highest BCUT2D eigenvalue weighted by Gasteiger charge is 2.66. The SMILES string of the molecule is COc1ccc([C@H]2C3=CCn4c(=O)n(C)c(=O)n4[C@@H]3C[C@H]3C(=O)N(c4cc(-c5sc6ccc(Cl)cc6c5C)nn4C)C(=O)[C@@]23C)cc1O. The minimum Gasteiger partial charge on any atom is -0.504 e. The van der Waals surface area contributed by atoms with E-state index in [2.05, 4.69) is 0 Å². The highest BCUT2D eigenvalue weighted by atomic mass is 35.5. The molecular formula is C34H31ClN6O6S. The maximum atomic E-state index is 14.9. The third-order valence-electron chi connectivity index (χ3n) is 10.5. The van der Waals surface area contributed by atoms with Crippen molar-refractivity contribution >= 4 is 50.7 Å². The molecule has 5 aromatic rings. The van der Waals surface area contributed by atoms with E-state index in [4.69, 9.17) is 21.4 Å². The van der Waals surface area contributed by atoms with Crippen LogP contribution in [0.15, 0.2) is 63.7 Å². The van der Waals surface area contributed by atoms with Crippen molar-refractivity contribution in [3.8, 4) is 22.1 Å². The molecule has 5 heterocycles. The lowest BCUT2D eigenvalue weighted by Gasteiger charge is -2.47. The Hall–Kier alpha value is -4.88. The highest BCUT2D eigenvalue weighted by Crippen LogP contribution is 2.61. The molecule has 4 atom stereocenters. The first kappa shape index (κ1) is 30.5. The molecule has 1 saturated heterocycles. The van der Waals surface area contributed by atoms with Crippen LogP contribution in [0.3, 0.4) is 0 Å².